The molecule has 0 aliphatic carbocycles. The van der Waals surface area contributed by atoms with Crippen molar-refractivity contribution < 1.29 is 23.8 Å². The lowest BCUT2D eigenvalue weighted by Crippen LogP contribution is -2.31. The number of amides is 1. The first-order valence-corrected chi connectivity index (χ1v) is 9.19. The van der Waals surface area contributed by atoms with Crippen molar-refractivity contribution in [3.05, 3.63) is 71.8 Å². The molecule has 0 aromatic heterocycles. The van der Waals surface area contributed by atoms with Crippen LogP contribution in [0.5, 0.6) is 11.5 Å². The second-order valence-corrected chi connectivity index (χ2v) is 6.54. The summed E-state index contributed by atoms with van der Waals surface area (Å²) >= 11 is 0. The molecule has 0 unspecified atom stereocenters. The van der Waals surface area contributed by atoms with Crippen molar-refractivity contribution in [1.82, 2.24) is 5.32 Å². The predicted molar refractivity (Wildman–Crippen MR) is 110 cm³/mol. The highest BCUT2D eigenvalue weighted by Crippen LogP contribution is 2.26. The van der Waals surface area contributed by atoms with Crippen LogP contribution in [-0.2, 0) is 9.53 Å². The Kier molecular flexibility index (Phi) is 6.34. The minimum Gasteiger partial charge on any atom is -0.497 e. The van der Waals surface area contributed by atoms with Crippen molar-refractivity contribution in [3.8, 4) is 11.5 Å². The fourth-order valence-corrected chi connectivity index (χ4v) is 3.01. The molecular weight excluding hydrogens is 370 g/mol. The van der Waals surface area contributed by atoms with Crippen molar-refractivity contribution in [2.75, 3.05) is 20.8 Å². The summed E-state index contributed by atoms with van der Waals surface area (Å²) in [5.74, 6) is -0.112. The topological polar surface area (TPSA) is 73.9 Å². The maximum Gasteiger partial charge on any atom is 0.341 e. The second-order valence-electron chi connectivity index (χ2n) is 6.54. The monoisotopic (exact) mass is 393 g/mol. The summed E-state index contributed by atoms with van der Waals surface area (Å²) in [6, 6.07) is 18.6. The van der Waals surface area contributed by atoms with Crippen LogP contribution >= 0.6 is 0 Å². The van der Waals surface area contributed by atoms with E-state index in [-0.39, 0.29) is 29.9 Å². The number of methoxy groups -OCH3 is 2. The van der Waals surface area contributed by atoms with Crippen LogP contribution < -0.4 is 14.8 Å². The Morgan fingerprint density at radius 2 is 1.72 bits per heavy atom. The molecule has 0 radical (unpaired) electrons. The highest BCUT2D eigenvalue weighted by molar-refractivity contribution is 5.93. The van der Waals surface area contributed by atoms with Crippen molar-refractivity contribution in [1.29, 1.82) is 0 Å². The van der Waals surface area contributed by atoms with Gasteiger partial charge in [-0.1, -0.05) is 36.4 Å². The van der Waals surface area contributed by atoms with E-state index in [1.807, 2.05) is 43.3 Å². The number of carbonyl (C=O) groups is 2. The van der Waals surface area contributed by atoms with Crippen LogP contribution in [-0.4, -0.2) is 32.7 Å². The molecule has 1 N–H and O–H groups in total. The van der Waals surface area contributed by atoms with Gasteiger partial charge in [-0.15, -0.1) is 0 Å². The smallest absolute Gasteiger partial charge is 0.341 e. The van der Waals surface area contributed by atoms with E-state index in [1.165, 1.54) is 20.3 Å². The Hall–Kier alpha value is -3.54. The minimum absolute atomic E-state index is 0.193. The Balaban J connectivity index is 1.66. The summed E-state index contributed by atoms with van der Waals surface area (Å²) in [6.07, 6.45) is 0. The fourth-order valence-electron chi connectivity index (χ4n) is 3.01. The molecule has 0 aliphatic heterocycles. The van der Waals surface area contributed by atoms with E-state index >= 15 is 0 Å². The first-order valence-electron chi connectivity index (χ1n) is 9.19. The number of fused-ring (bicyclic) bond motifs is 1. The van der Waals surface area contributed by atoms with Crippen LogP contribution in [0.15, 0.2) is 60.7 Å². The lowest BCUT2D eigenvalue weighted by molar-refractivity contribution is -0.123. The van der Waals surface area contributed by atoms with Crippen molar-refractivity contribution in [2.24, 2.45) is 0 Å². The van der Waals surface area contributed by atoms with E-state index in [4.69, 9.17) is 14.2 Å². The summed E-state index contributed by atoms with van der Waals surface area (Å²) < 4.78 is 15.5. The van der Waals surface area contributed by atoms with Crippen LogP contribution in [0.1, 0.15) is 28.9 Å². The molecule has 150 valence electrons. The molecule has 0 saturated carbocycles. The highest BCUT2D eigenvalue weighted by Gasteiger charge is 2.16. The maximum absolute atomic E-state index is 12.4. The fraction of sp³-hybridized carbons (Fsp3) is 0.217. The summed E-state index contributed by atoms with van der Waals surface area (Å²) in [7, 11) is 2.79. The van der Waals surface area contributed by atoms with Crippen LogP contribution in [0.25, 0.3) is 10.8 Å². The van der Waals surface area contributed by atoms with E-state index < -0.39 is 5.97 Å². The molecule has 29 heavy (non-hydrogen) atoms. The molecule has 3 rings (SSSR count). The zero-order valence-electron chi connectivity index (χ0n) is 16.6. The average Bonchev–Trinajstić information content (AvgIpc) is 2.76. The van der Waals surface area contributed by atoms with Gasteiger partial charge in [0.15, 0.2) is 6.61 Å². The normalized spacial score (nSPS) is 11.6. The third-order valence-electron chi connectivity index (χ3n) is 4.60. The molecule has 0 saturated heterocycles. The van der Waals surface area contributed by atoms with Gasteiger partial charge in [-0.25, -0.2) is 4.79 Å². The Morgan fingerprint density at radius 3 is 2.45 bits per heavy atom. The van der Waals surface area contributed by atoms with Gasteiger partial charge in [-0.2, -0.15) is 0 Å². The Bertz CT molecular complexity index is 1030. The van der Waals surface area contributed by atoms with Gasteiger partial charge in [-0.05, 0) is 41.5 Å². The largest absolute Gasteiger partial charge is 0.497 e. The van der Waals surface area contributed by atoms with Gasteiger partial charge in [0.25, 0.3) is 5.91 Å². The number of nitrogens with one attached hydrogen (secondary N) is 1. The lowest BCUT2D eigenvalue weighted by Gasteiger charge is -2.16. The van der Waals surface area contributed by atoms with Crippen LogP contribution in [0.4, 0.5) is 0 Å². The highest BCUT2D eigenvalue weighted by atomic mass is 16.5. The summed E-state index contributed by atoms with van der Waals surface area (Å²) in [5, 5.41) is 5.17. The average molecular weight is 393 g/mol. The van der Waals surface area contributed by atoms with Crippen molar-refractivity contribution in [2.45, 2.75) is 13.0 Å². The van der Waals surface area contributed by atoms with Gasteiger partial charge in [0.05, 0.1) is 20.3 Å². The SMILES string of the molecule is COC(=O)c1ccc(OC)cc1OCC(=O)N[C@@H](C)c1ccc2ccccc2c1. The van der Waals surface area contributed by atoms with Crippen LogP contribution in [0, 0.1) is 0 Å². The van der Waals surface area contributed by atoms with E-state index in [0.717, 1.165) is 16.3 Å². The number of carbonyl (C=O) groups excluding carboxylic acids is 2. The molecular formula is C23H23NO5. The molecule has 3 aromatic carbocycles. The molecule has 6 heteroatoms. The second kappa shape index (κ2) is 9.10. The standard InChI is InChI=1S/C23H23NO5/c1-15(17-9-8-16-6-4-5-7-18(16)12-17)24-22(25)14-29-21-13-19(27-2)10-11-20(21)23(26)28-3/h4-13,15H,14H2,1-3H3,(H,24,25)/t15-/m0/s1. The zero-order valence-corrected chi connectivity index (χ0v) is 16.6. The molecule has 1 atom stereocenters. The summed E-state index contributed by atoms with van der Waals surface area (Å²) in [5.41, 5.74) is 1.22. The maximum atomic E-state index is 12.4. The third kappa shape index (κ3) is 4.85. The molecule has 1 amide bonds. The number of benzene rings is 3. The Labute approximate surface area is 169 Å². The quantitative estimate of drug-likeness (QED) is 0.617. The Morgan fingerprint density at radius 1 is 0.966 bits per heavy atom. The molecule has 0 aliphatic rings. The molecule has 0 spiro atoms. The number of hydrogen-bond acceptors (Lipinski definition) is 5. The lowest BCUT2D eigenvalue weighted by atomic mass is 10.0. The summed E-state index contributed by atoms with van der Waals surface area (Å²) in [4.78, 5) is 24.3. The van der Waals surface area contributed by atoms with Crippen LogP contribution in [0.2, 0.25) is 0 Å². The summed E-state index contributed by atoms with van der Waals surface area (Å²) in [6.45, 7) is 1.67. The van der Waals surface area contributed by atoms with E-state index in [1.54, 1.807) is 12.1 Å². The van der Waals surface area contributed by atoms with Gasteiger partial charge in [0.1, 0.15) is 17.1 Å². The van der Waals surface area contributed by atoms with Crippen LogP contribution in [0.3, 0.4) is 0 Å². The van der Waals surface area contributed by atoms with Gasteiger partial charge in [0, 0.05) is 6.07 Å². The van der Waals surface area contributed by atoms with Gasteiger partial charge >= 0.3 is 5.97 Å². The van der Waals surface area contributed by atoms with E-state index in [0.29, 0.717) is 5.75 Å². The molecule has 3 aromatic rings. The third-order valence-corrected chi connectivity index (χ3v) is 4.60. The molecule has 6 nitrogen and oxygen atoms in total. The molecule has 0 fully saturated rings. The molecule has 0 bridgehead atoms. The van der Waals surface area contributed by atoms with Crippen molar-refractivity contribution >= 4 is 22.6 Å². The number of rotatable bonds is 7. The van der Waals surface area contributed by atoms with Gasteiger partial charge < -0.3 is 19.5 Å². The zero-order chi connectivity index (χ0) is 20.8. The van der Waals surface area contributed by atoms with Crippen molar-refractivity contribution in [3.63, 3.8) is 0 Å². The predicted octanol–water partition coefficient (Wildman–Crippen LogP) is 3.89. The molecule has 0 heterocycles. The first-order chi connectivity index (χ1) is 14.0. The van der Waals surface area contributed by atoms with Gasteiger partial charge in [-0.3, -0.25) is 4.79 Å². The van der Waals surface area contributed by atoms with Gasteiger partial charge in [0.2, 0.25) is 0 Å². The minimum atomic E-state index is -0.549. The van der Waals surface area contributed by atoms with E-state index in [2.05, 4.69) is 11.4 Å². The number of esters is 1. The number of ether oxygens (including phenoxy) is 3. The first kappa shape index (κ1) is 20.2. The van der Waals surface area contributed by atoms with E-state index in [9.17, 15) is 9.59 Å². The number of hydrogen-bond donors (Lipinski definition) is 1.